The molecule has 0 bridgehead atoms. The monoisotopic (exact) mass is 325 g/mol. The third-order valence-corrected chi connectivity index (χ3v) is 4.43. The maximum atomic E-state index is 5.93. The number of imidazole rings is 1. The number of ether oxygens (including phenoxy) is 1. The number of hydrogen-bond acceptors (Lipinski definition) is 3. The highest BCUT2D eigenvalue weighted by atomic mass is 32.1. The molecule has 0 aliphatic carbocycles. The summed E-state index contributed by atoms with van der Waals surface area (Å²) >= 11 is 5.24. The van der Waals surface area contributed by atoms with Gasteiger partial charge in [-0.3, -0.25) is 4.40 Å². The number of hydrogen-bond donors (Lipinski definition) is 1. The van der Waals surface area contributed by atoms with Gasteiger partial charge in [0.1, 0.15) is 11.4 Å². The third-order valence-electron chi connectivity index (χ3n) is 4.07. The molecule has 0 spiro atoms. The molecule has 2 N–H and O–H groups in total. The molecule has 2 heterocycles. The summed E-state index contributed by atoms with van der Waals surface area (Å²) in [6.45, 7) is 4.08. The maximum absolute atomic E-state index is 5.93. The molecule has 0 saturated heterocycles. The van der Waals surface area contributed by atoms with E-state index in [1.165, 1.54) is 0 Å². The van der Waals surface area contributed by atoms with Gasteiger partial charge in [0.15, 0.2) is 0 Å². The minimum Gasteiger partial charge on any atom is -0.497 e. The zero-order valence-electron chi connectivity index (χ0n) is 13.4. The van der Waals surface area contributed by atoms with Crippen molar-refractivity contribution in [2.24, 2.45) is 5.73 Å². The van der Waals surface area contributed by atoms with Crippen LogP contribution in [0.5, 0.6) is 5.75 Å². The lowest BCUT2D eigenvalue weighted by Crippen LogP contribution is -2.19. The van der Waals surface area contributed by atoms with Crippen molar-refractivity contribution in [3.05, 3.63) is 53.9 Å². The van der Waals surface area contributed by atoms with Gasteiger partial charge in [-0.15, -0.1) is 0 Å². The molecule has 0 aliphatic heterocycles. The van der Waals surface area contributed by atoms with E-state index in [1.54, 1.807) is 7.11 Å². The van der Waals surface area contributed by atoms with Gasteiger partial charge in [0, 0.05) is 17.2 Å². The van der Waals surface area contributed by atoms with Gasteiger partial charge in [-0.1, -0.05) is 25.2 Å². The van der Waals surface area contributed by atoms with Gasteiger partial charge in [-0.05, 0) is 43.3 Å². The maximum Gasteiger partial charge on any atom is 0.137 e. The zero-order valence-corrected chi connectivity index (χ0v) is 14.2. The van der Waals surface area contributed by atoms with Crippen LogP contribution in [0, 0.1) is 6.92 Å². The summed E-state index contributed by atoms with van der Waals surface area (Å²) in [7, 11) is 1.66. The number of nitrogens with zero attached hydrogens (tertiary/aromatic N) is 2. The zero-order chi connectivity index (χ0) is 16.6. The molecule has 4 nitrogen and oxygen atoms in total. The van der Waals surface area contributed by atoms with Gasteiger partial charge < -0.3 is 10.5 Å². The Morgan fingerprint density at radius 3 is 2.52 bits per heavy atom. The van der Waals surface area contributed by atoms with Gasteiger partial charge in [-0.25, -0.2) is 4.98 Å². The minimum absolute atomic E-state index is 0.0711. The fourth-order valence-corrected chi connectivity index (χ4v) is 2.89. The van der Waals surface area contributed by atoms with E-state index in [0.717, 1.165) is 34.0 Å². The molecule has 0 saturated carbocycles. The summed E-state index contributed by atoms with van der Waals surface area (Å²) in [6.07, 6.45) is 0. The normalized spacial score (nSPS) is 12.3. The fraction of sp³-hybridized carbons (Fsp3) is 0.222. The SMILES string of the molecule is COc1ccc(-c2nc3cccc(C)n3c2C(C)C(N)=S)cc1. The van der Waals surface area contributed by atoms with Gasteiger partial charge in [0.2, 0.25) is 0 Å². The van der Waals surface area contributed by atoms with Crippen LogP contribution in [0.2, 0.25) is 0 Å². The van der Waals surface area contributed by atoms with E-state index < -0.39 is 0 Å². The number of nitrogens with two attached hydrogens (primary N) is 1. The number of aryl methyl sites for hydroxylation is 1. The molecular weight excluding hydrogens is 306 g/mol. The number of aromatic nitrogens is 2. The van der Waals surface area contributed by atoms with Crippen LogP contribution >= 0.6 is 12.2 Å². The van der Waals surface area contributed by atoms with Crippen molar-refractivity contribution < 1.29 is 4.74 Å². The number of benzene rings is 1. The Balaban J connectivity index is 2.28. The Hall–Kier alpha value is -2.40. The van der Waals surface area contributed by atoms with Gasteiger partial charge in [0.25, 0.3) is 0 Å². The molecular formula is C18H19N3OS. The van der Waals surface area contributed by atoms with E-state index >= 15 is 0 Å². The summed E-state index contributed by atoms with van der Waals surface area (Å²) in [5, 5.41) is 0. The first-order valence-corrected chi connectivity index (χ1v) is 7.85. The van der Waals surface area contributed by atoms with Crippen molar-refractivity contribution in [2.45, 2.75) is 19.8 Å². The van der Waals surface area contributed by atoms with Crippen molar-refractivity contribution in [3.63, 3.8) is 0 Å². The van der Waals surface area contributed by atoms with Crippen LogP contribution in [0.1, 0.15) is 24.2 Å². The predicted molar refractivity (Wildman–Crippen MR) is 97.1 cm³/mol. The molecule has 0 aliphatic rings. The molecule has 1 unspecified atom stereocenters. The highest BCUT2D eigenvalue weighted by molar-refractivity contribution is 7.80. The molecule has 118 valence electrons. The number of fused-ring (bicyclic) bond motifs is 1. The van der Waals surface area contributed by atoms with Crippen LogP contribution in [0.15, 0.2) is 42.5 Å². The molecule has 0 fully saturated rings. The molecule has 3 aromatic rings. The summed E-state index contributed by atoms with van der Waals surface area (Å²) in [4.78, 5) is 5.27. The Labute approximate surface area is 140 Å². The van der Waals surface area contributed by atoms with Crippen LogP contribution in [0.4, 0.5) is 0 Å². The molecule has 0 radical (unpaired) electrons. The highest BCUT2D eigenvalue weighted by Crippen LogP contribution is 2.32. The van der Waals surface area contributed by atoms with Crippen molar-refractivity contribution >= 4 is 22.9 Å². The molecule has 5 heteroatoms. The lowest BCUT2D eigenvalue weighted by molar-refractivity contribution is 0.415. The largest absolute Gasteiger partial charge is 0.497 e. The average Bonchev–Trinajstić information content (AvgIpc) is 2.95. The first kappa shape index (κ1) is 15.5. The summed E-state index contributed by atoms with van der Waals surface area (Å²) < 4.78 is 7.36. The van der Waals surface area contributed by atoms with E-state index in [0.29, 0.717) is 4.99 Å². The number of methoxy groups -OCH3 is 1. The Kier molecular flexibility index (Phi) is 4.05. The third kappa shape index (κ3) is 2.68. The van der Waals surface area contributed by atoms with E-state index in [-0.39, 0.29) is 5.92 Å². The smallest absolute Gasteiger partial charge is 0.137 e. The lowest BCUT2D eigenvalue weighted by Gasteiger charge is -2.14. The summed E-state index contributed by atoms with van der Waals surface area (Å²) in [6, 6.07) is 13.9. The van der Waals surface area contributed by atoms with Crippen molar-refractivity contribution in [2.75, 3.05) is 7.11 Å². The first-order valence-electron chi connectivity index (χ1n) is 7.44. The number of pyridine rings is 1. The fourth-order valence-electron chi connectivity index (χ4n) is 2.78. The predicted octanol–water partition coefficient (Wildman–Crippen LogP) is 3.71. The van der Waals surface area contributed by atoms with E-state index in [9.17, 15) is 0 Å². The van der Waals surface area contributed by atoms with Gasteiger partial charge in [0.05, 0.1) is 23.5 Å². The molecule has 1 atom stereocenters. The van der Waals surface area contributed by atoms with Crippen LogP contribution in [0.3, 0.4) is 0 Å². The van der Waals surface area contributed by atoms with Crippen molar-refractivity contribution in [1.82, 2.24) is 9.38 Å². The number of rotatable bonds is 4. The second kappa shape index (κ2) is 6.01. The summed E-state index contributed by atoms with van der Waals surface area (Å²) in [5.74, 6) is 0.746. The second-order valence-electron chi connectivity index (χ2n) is 5.56. The molecule has 3 rings (SSSR count). The van der Waals surface area contributed by atoms with E-state index in [2.05, 4.69) is 17.4 Å². The lowest BCUT2D eigenvalue weighted by atomic mass is 10.0. The molecule has 2 aromatic heterocycles. The topological polar surface area (TPSA) is 52.5 Å². The van der Waals surface area contributed by atoms with Crippen LogP contribution in [-0.2, 0) is 0 Å². The molecule has 23 heavy (non-hydrogen) atoms. The Bertz CT molecular complexity index is 868. The van der Waals surface area contributed by atoms with Gasteiger partial charge >= 0.3 is 0 Å². The molecule has 1 aromatic carbocycles. The average molecular weight is 325 g/mol. The van der Waals surface area contributed by atoms with Crippen molar-refractivity contribution in [3.8, 4) is 17.0 Å². The number of thiocarbonyl (C=S) groups is 1. The van der Waals surface area contributed by atoms with Crippen LogP contribution < -0.4 is 10.5 Å². The quantitative estimate of drug-likeness (QED) is 0.743. The standard InChI is InChI=1S/C18H19N3OS/c1-11-5-4-6-15-20-16(13-7-9-14(22-3)10-8-13)17(21(11)15)12(2)18(19)23/h4-10,12H,1-3H3,(H2,19,23). The Morgan fingerprint density at radius 1 is 1.22 bits per heavy atom. The first-order chi connectivity index (χ1) is 11.0. The second-order valence-corrected chi connectivity index (χ2v) is 6.03. The van der Waals surface area contributed by atoms with Crippen LogP contribution in [-0.4, -0.2) is 21.5 Å². The van der Waals surface area contributed by atoms with E-state index in [1.807, 2.05) is 43.3 Å². The Morgan fingerprint density at radius 2 is 1.91 bits per heavy atom. The van der Waals surface area contributed by atoms with Crippen molar-refractivity contribution in [1.29, 1.82) is 0 Å². The van der Waals surface area contributed by atoms with Crippen LogP contribution in [0.25, 0.3) is 16.9 Å². The summed E-state index contributed by atoms with van der Waals surface area (Å²) in [5.41, 5.74) is 10.9. The highest BCUT2D eigenvalue weighted by Gasteiger charge is 2.22. The minimum atomic E-state index is -0.0711. The molecule has 0 amide bonds. The van der Waals surface area contributed by atoms with E-state index in [4.69, 9.17) is 27.7 Å². The van der Waals surface area contributed by atoms with Gasteiger partial charge in [-0.2, -0.15) is 0 Å².